The zero-order valence-corrected chi connectivity index (χ0v) is 11.7. The van der Waals surface area contributed by atoms with Crippen molar-refractivity contribution in [1.82, 2.24) is 15.5 Å². The van der Waals surface area contributed by atoms with Gasteiger partial charge >= 0.3 is 12.0 Å². The second-order valence-electron chi connectivity index (χ2n) is 4.87. The monoisotopic (exact) mass is 285 g/mol. The van der Waals surface area contributed by atoms with E-state index < -0.39 is 41.9 Å². The van der Waals surface area contributed by atoms with Gasteiger partial charge in [-0.15, -0.1) is 0 Å². The van der Waals surface area contributed by atoms with Crippen LogP contribution in [0, 0.1) is 0 Å². The predicted octanol–water partition coefficient (Wildman–Crippen LogP) is -0.314. The molecule has 2 atom stereocenters. The Morgan fingerprint density at radius 3 is 2.40 bits per heavy atom. The minimum Gasteiger partial charge on any atom is -0.480 e. The number of rotatable bonds is 6. The van der Waals surface area contributed by atoms with E-state index in [0.29, 0.717) is 6.42 Å². The van der Waals surface area contributed by atoms with Gasteiger partial charge in [-0.3, -0.25) is 14.5 Å². The van der Waals surface area contributed by atoms with Gasteiger partial charge in [0.25, 0.3) is 5.91 Å². The summed E-state index contributed by atoms with van der Waals surface area (Å²) in [7, 11) is 0. The second kappa shape index (κ2) is 5.89. The Kier molecular flexibility index (Phi) is 4.69. The minimum absolute atomic E-state index is 0.216. The molecule has 0 radical (unpaired) electrons. The fraction of sp³-hybridized carbons (Fsp3) is 0.667. The third-order valence-corrected chi connectivity index (χ3v) is 3.40. The van der Waals surface area contributed by atoms with E-state index in [9.17, 15) is 19.2 Å². The highest BCUT2D eigenvalue weighted by atomic mass is 16.4. The number of amides is 4. The van der Waals surface area contributed by atoms with Crippen LogP contribution >= 0.6 is 0 Å². The van der Waals surface area contributed by atoms with Crippen molar-refractivity contribution < 1.29 is 24.3 Å². The highest BCUT2D eigenvalue weighted by molar-refractivity contribution is 6.08. The third-order valence-electron chi connectivity index (χ3n) is 3.40. The van der Waals surface area contributed by atoms with E-state index in [1.54, 1.807) is 20.8 Å². The van der Waals surface area contributed by atoms with Gasteiger partial charge in [-0.2, -0.15) is 0 Å². The van der Waals surface area contributed by atoms with Crippen LogP contribution in [-0.2, 0) is 14.4 Å². The number of hydrogen-bond donors (Lipinski definition) is 3. The second-order valence-corrected chi connectivity index (χ2v) is 4.87. The maximum Gasteiger partial charge on any atom is 0.326 e. The van der Waals surface area contributed by atoms with Crippen molar-refractivity contribution in [3.8, 4) is 0 Å². The normalized spacial score (nSPS) is 23.4. The van der Waals surface area contributed by atoms with Gasteiger partial charge in [-0.25, -0.2) is 9.59 Å². The summed E-state index contributed by atoms with van der Waals surface area (Å²) in [5.41, 5.74) is -1.01. The highest BCUT2D eigenvalue weighted by Gasteiger charge is 2.47. The van der Waals surface area contributed by atoms with Gasteiger partial charge in [-0.1, -0.05) is 13.8 Å². The van der Waals surface area contributed by atoms with Gasteiger partial charge in [0, 0.05) is 0 Å². The van der Waals surface area contributed by atoms with E-state index in [1.165, 1.54) is 0 Å². The van der Waals surface area contributed by atoms with Crippen molar-refractivity contribution >= 4 is 23.8 Å². The number of carboxylic acid groups (broad SMARTS) is 1. The molecule has 8 heteroatoms. The first kappa shape index (κ1) is 15.9. The minimum atomic E-state index is -1.16. The molecule has 8 nitrogen and oxygen atoms in total. The quantitative estimate of drug-likeness (QED) is 0.579. The molecule has 0 bridgehead atoms. The molecular formula is C12H19N3O5. The van der Waals surface area contributed by atoms with Crippen molar-refractivity contribution in [2.75, 3.05) is 6.54 Å². The highest BCUT2D eigenvalue weighted by Crippen LogP contribution is 2.20. The first-order valence-corrected chi connectivity index (χ1v) is 6.41. The first-order chi connectivity index (χ1) is 9.25. The number of carboxylic acids is 1. The molecule has 0 aromatic carbocycles. The molecular weight excluding hydrogens is 266 g/mol. The SMILES string of the molecule is CC[C@@H](NC(=O)CN1C(=O)NC(C)(CC)C1=O)C(=O)O. The number of imide groups is 1. The summed E-state index contributed by atoms with van der Waals surface area (Å²) in [6, 6.07) is -1.67. The van der Waals surface area contributed by atoms with Crippen LogP contribution in [0.15, 0.2) is 0 Å². The van der Waals surface area contributed by atoms with Gasteiger partial charge in [0.2, 0.25) is 5.91 Å². The average molecular weight is 285 g/mol. The maximum atomic E-state index is 12.0. The molecule has 1 rings (SSSR count). The Morgan fingerprint density at radius 2 is 2.00 bits per heavy atom. The van der Waals surface area contributed by atoms with Crippen molar-refractivity contribution in [3.63, 3.8) is 0 Å². The summed E-state index contributed by atoms with van der Waals surface area (Å²) in [5, 5.41) is 13.6. The number of urea groups is 1. The molecule has 0 saturated carbocycles. The lowest BCUT2D eigenvalue weighted by Crippen LogP contribution is -2.47. The van der Waals surface area contributed by atoms with E-state index in [1.807, 2.05) is 0 Å². The molecule has 0 aromatic rings. The zero-order chi connectivity index (χ0) is 15.5. The lowest BCUT2D eigenvalue weighted by molar-refractivity contribution is -0.142. The van der Waals surface area contributed by atoms with Crippen LogP contribution < -0.4 is 10.6 Å². The maximum absolute atomic E-state index is 12.0. The number of nitrogens with one attached hydrogen (secondary N) is 2. The van der Waals surface area contributed by atoms with Crippen molar-refractivity contribution in [2.45, 2.75) is 45.2 Å². The van der Waals surface area contributed by atoms with E-state index in [-0.39, 0.29) is 6.42 Å². The number of hydrogen-bond acceptors (Lipinski definition) is 4. The molecule has 0 spiro atoms. The van der Waals surface area contributed by atoms with E-state index in [0.717, 1.165) is 4.90 Å². The summed E-state index contributed by atoms with van der Waals surface area (Å²) < 4.78 is 0. The van der Waals surface area contributed by atoms with Gasteiger partial charge < -0.3 is 15.7 Å². The topological polar surface area (TPSA) is 116 Å². The Hall–Kier alpha value is -2.12. The Balaban J connectivity index is 2.69. The van der Waals surface area contributed by atoms with Crippen LogP contribution in [0.2, 0.25) is 0 Å². The molecule has 0 aliphatic carbocycles. The molecule has 3 N–H and O–H groups in total. The largest absolute Gasteiger partial charge is 0.480 e. The number of nitrogens with zero attached hydrogens (tertiary/aromatic N) is 1. The fourth-order valence-corrected chi connectivity index (χ4v) is 1.85. The van der Waals surface area contributed by atoms with Crippen LogP contribution in [0.3, 0.4) is 0 Å². The molecule has 1 aliphatic heterocycles. The van der Waals surface area contributed by atoms with E-state index in [2.05, 4.69) is 10.6 Å². The third kappa shape index (κ3) is 3.06. The summed E-state index contributed by atoms with van der Waals surface area (Å²) in [4.78, 5) is 47.0. The Bertz CT molecular complexity index is 450. The number of aliphatic carboxylic acids is 1. The molecule has 1 saturated heterocycles. The Labute approximate surface area is 116 Å². The molecule has 1 unspecified atom stereocenters. The molecule has 0 aromatic heterocycles. The summed E-state index contributed by atoms with van der Waals surface area (Å²) >= 11 is 0. The van der Waals surface area contributed by atoms with Crippen molar-refractivity contribution in [1.29, 1.82) is 0 Å². The van der Waals surface area contributed by atoms with Crippen LogP contribution in [0.25, 0.3) is 0 Å². The van der Waals surface area contributed by atoms with Gasteiger partial charge in [0.1, 0.15) is 18.1 Å². The number of carbonyl (C=O) groups excluding carboxylic acids is 3. The zero-order valence-electron chi connectivity index (χ0n) is 11.7. The van der Waals surface area contributed by atoms with Crippen LogP contribution in [0.1, 0.15) is 33.6 Å². The number of carbonyl (C=O) groups is 4. The predicted molar refractivity (Wildman–Crippen MR) is 68.8 cm³/mol. The van der Waals surface area contributed by atoms with Crippen LogP contribution in [0.5, 0.6) is 0 Å². The summed E-state index contributed by atoms with van der Waals surface area (Å²) in [5.74, 6) is -2.32. The lowest BCUT2D eigenvalue weighted by atomic mass is 9.99. The Morgan fingerprint density at radius 1 is 1.40 bits per heavy atom. The molecule has 4 amide bonds. The van der Waals surface area contributed by atoms with E-state index in [4.69, 9.17) is 5.11 Å². The van der Waals surface area contributed by atoms with Crippen LogP contribution in [-0.4, -0.2) is 51.9 Å². The summed E-state index contributed by atoms with van der Waals surface area (Å²) in [6.45, 7) is 4.46. The molecule has 1 heterocycles. The van der Waals surface area contributed by atoms with Gasteiger partial charge in [0.05, 0.1) is 0 Å². The fourth-order valence-electron chi connectivity index (χ4n) is 1.85. The average Bonchev–Trinajstić information content (AvgIpc) is 2.60. The summed E-state index contributed by atoms with van der Waals surface area (Å²) in [6.07, 6.45) is 0.621. The van der Waals surface area contributed by atoms with Crippen molar-refractivity contribution in [3.05, 3.63) is 0 Å². The van der Waals surface area contributed by atoms with E-state index >= 15 is 0 Å². The molecule has 1 fully saturated rings. The standard InChI is InChI=1S/C12H19N3O5/c1-4-7(9(17)18)13-8(16)6-15-10(19)12(3,5-2)14-11(15)20/h7H,4-6H2,1-3H3,(H,13,16)(H,14,20)(H,17,18)/t7-,12?/m1/s1. The smallest absolute Gasteiger partial charge is 0.326 e. The molecule has 1 aliphatic rings. The van der Waals surface area contributed by atoms with Gasteiger partial charge in [0.15, 0.2) is 0 Å². The van der Waals surface area contributed by atoms with Crippen molar-refractivity contribution in [2.24, 2.45) is 0 Å². The molecule has 112 valence electrons. The first-order valence-electron chi connectivity index (χ1n) is 6.41. The molecule has 20 heavy (non-hydrogen) atoms. The van der Waals surface area contributed by atoms with Crippen LogP contribution in [0.4, 0.5) is 4.79 Å². The van der Waals surface area contributed by atoms with Gasteiger partial charge in [-0.05, 0) is 19.8 Å². The lowest BCUT2D eigenvalue weighted by Gasteiger charge is -2.19.